The standard InChI is InChI=1S/C20H21N3/c1-14-10-17(11-16(12-21)13-22)15(2)23(14)19-8-6-18(7-9-19)20(3,4)5/h6-11H,1-5H3. The molecule has 1 aromatic carbocycles. The van der Waals surface area contributed by atoms with Crippen LogP contribution < -0.4 is 0 Å². The van der Waals surface area contributed by atoms with Crippen molar-refractivity contribution in [2.24, 2.45) is 0 Å². The van der Waals surface area contributed by atoms with Crippen LogP contribution in [0.4, 0.5) is 0 Å². The molecule has 0 amide bonds. The van der Waals surface area contributed by atoms with Crippen molar-refractivity contribution < 1.29 is 0 Å². The summed E-state index contributed by atoms with van der Waals surface area (Å²) in [5, 5.41) is 17.9. The summed E-state index contributed by atoms with van der Waals surface area (Å²) in [4.78, 5) is 0. The number of nitriles is 2. The summed E-state index contributed by atoms with van der Waals surface area (Å²) in [5.41, 5.74) is 5.63. The van der Waals surface area contributed by atoms with Crippen molar-refractivity contribution in [2.75, 3.05) is 0 Å². The van der Waals surface area contributed by atoms with Gasteiger partial charge in [0.1, 0.15) is 17.7 Å². The Labute approximate surface area is 138 Å². The molecule has 23 heavy (non-hydrogen) atoms. The van der Waals surface area contributed by atoms with E-state index in [1.54, 1.807) is 6.08 Å². The normalized spacial score (nSPS) is 10.7. The number of hydrogen-bond donors (Lipinski definition) is 0. The Kier molecular flexibility index (Phi) is 4.43. The molecule has 0 bridgehead atoms. The summed E-state index contributed by atoms with van der Waals surface area (Å²) in [6.45, 7) is 10.6. The van der Waals surface area contributed by atoms with Gasteiger partial charge in [0.2, 0.25) is 0 Å². The molecule has 2 aromatic rings. The van der Waals surface area contributed by atoms with Gasteiger partial charge in [-0.3, -0.25) is 0 Å². The molecule has 0 saturated heterocycles. The number of rotatable bonds is 2. The topological polar surface area (TPSA) is 52.5 Å². The summed E-state index contributed by atoms with van der Waals surface area (Å²) < 4.78 is 2.14. The van der Waals surface area contributed by atoms with E-state index in [9.17, 15) is 0 Å². The average molecular weight is 303 g/mol. The highest BCUT2D eigenvalue weighted by molar-refractivity contribution is 5.65. The van der Waals surface area contributed by atoms with Crippen LogP contribution in [-0.2, 0) is 5.41 Å². The molecule has 0 aliphatic heterocycles. The lowest BCUT2D eigenvalue weighted by atomic mass is 9.87. The molecule has 0 aliphatic rings. The first-order valence-corrected chi connectivity index (χ1v) is 7.59. The molecule has 1 heterocycles. The molecule has 0 saturated carbocycles. The van der Waals surface area contributed by atoms with E-state index < -0.39 is 0 Å². The molecule has 116 valence electrons. The molecule has 1 aromatic heterocycles. The van der Waals surface area contributed by atoms with Gasteiger partial charge in [-0.2, -0.15) is 10.5 Å². The van der Waals surface area contributed by atoms with Crippen LogP contribution in [-0.4, -0.2) is 4.57 Å². The first-order chi connectivity index (χ1) is 10.8. The van der Waals surface area contributed by atoms with E-state index in [-0.39, 0.29) is 11.0 Å². The van der Waals surface area contributed by atoms with E-state index in [4.69, 9.17) is 10.5 Å². The van der Waals surface area contributed by atoms with Gasteiger partial charge in [0, 0.05) is 17.1 Å². The molecule has 0 N–H and O–H groups in total. The van der Waals surface area contributed by atoms with Gasteiger partial charge in [-0.1, -0.05) is 32.9 Å². The molecule has 0 spiro atoms. The maximum absolute atomic E-state index is 8.93. The molecule has 0 atom stereocenters. The van der Waals surface area contributed by atoms with Gasteiger partial charge in [-0.05, 0) is 54.7 Å². The highest BCUT2D eigenvalue weighted by atomic mass is 15.0. The second-order valence-corrected chi connectivity index (χ2v) is 6.74. The van der Waals surface area contributed by atoms with Crippen LogP contribution in [0.15, 0.2) is 35.9 Å². The zero-order valence-electron chi connectivity index (χ0n) is 14.3. The van der Waals surface area contributed by atoms with Crippen molar-refractivity contribution in [1.29, 1.82) is 10.5 Å². The Morgan fingerprint density at radius 1 is 1.04 bits per heavy atom. The predicted octanol–water partition coefficient (Wildman–Crippen LogP) is 4.82. The van der Waals surface area contributed by atoms with Crippen molar-refractivity contribution in [3.63, 3.8) is 0 Å². The lowest BCUT2D eigenvalue weighted by molar-refractivity contribution is 0.590. The predicted molar refractivity (Wildman–Crippen MR) is 93.1 cm³/mol. The molecular formula is C20H21N3. The second kappa shape index (κ2) is 6.15. The van der Waals surface area contributed by atoms with Crippen LogP contribution in [0.3, 0.4) is 0 Å². The van der Waals surface area contributed by atoms with E-state index >= 15 is 0 Å². The molecule has 0 radical (unpaired) electrons. The lowest BCUT2D eigenvalue weighted by Crippen LogP contribution is -2.11. The largest absolute Gasteiger partial charge is 0.318 e. The number of aryl methyl sites for hydroxylation is 1. The van der Waals surface area contributed by atoms with E-state index in [1.807, 2.05) is 32.1 Å². The first-order valence-electron chi connectivity index (χ1n) is 7.59. The number of hydrogen-bond acceptors (Lipinski definition) is 2. The summed E-state index contributed by atoms with van der Waals surface area (Å²) in [5.74, 6) is 0. The van der Waals surface area contributed by atoms with Gasteiger partial charge < -0.3 is 4.57 Å². The summed E-state index contributed by atoms with van der Waals surface area (Å²) in [6, 6.07) is 14.4. The van der Waals surface area contributed by atoms with Crippen LogP contribution in [0.1, 0.15) is 43.3 Å². The smallest absolute Gasteiger partial charge is 0.130 e. The lowest BCUT2D eigenvalue weighted by Gasteiger charge is -2.20. The fourth-order valence-corrected chi connectivity index (χ4v) is 2.69. The maximum Gasteiger partial charge on any atom is 0.130 e. The van der Waals surface area contributed by atoms with Gasteiger partial charge in [-0.15, -0.1) is 0 Å². The fourth-order valence-electron chi connectivity index (χ4n) is 2.69. The molecule has 0 unspecified atom stereocenters. The highest BCUT2D eigenvalue weighted by Gasteiger charge is 2.14. The third kappa shape index (κ3) is 3.35. The fraction of sp³-hybridized carbons (Fsp3) is 0.300. The summed E-state index contributed by atoms with van der Waals surface area (Å²) >= 11 is 0. The number of nitrogens with zero attached hydrogens (tertiary/aromatic N) is 3. The Morgan fingerprint density at radius 3 is 2.09 bits per heavy atom. The third-order valence-electron chi connectivity index (χ3n) is 4.00. The molecule has 3 heteroatoms. The second-order valence-electron chi connectivity index (χ2n) is 6.74. The molecule has 0 fully saturated rings. The minimum Gasteiger partial charge on any atom is -0.318 e. The number of allylic oxidation sites excluding steroid dienone is 1. The third-order valence-corrected chi connectivity index (χ3v) is 4.00. The minimum atomic E-state index is 0.119. The van der Waals surface area contributed by atoms with E-state index in [0.717, 1.165) is 22.6 Å². The van der Waals surface area contributed by atoms with E-state index in [0.29, 0.717) is 0 Å². The van der Waals surface area contributed by atoms with Crippen molar-refractivity contribution in [3.8, 4) is 17.8 Å². The number of aromatic nitrogens is 1. The molecular weight excluding hydrogens is 282 g/mol. The SMILES string of the molecule is Cc1cc(C=C(C#N)C#N)c(C)n1-c1ccc(C(C)(C)C)cc1. The zero-order valence-corrected chi connectivity index (χ0v) is 14.3. The Balaban J connectivity index is 2.50. The van der Waals surface area contributed by atoms with Gasteiger partial charge in [0.05, 0.1) is 0 Å². The molecule has 2 rings (SSSR count). The van der Waals surface area contributed by atoms with Gasteiger partial charge in [-0.25, -0.2) is 0 Å². The Morgan fingerprint density at radius 2 is 1.61 bits per heavy atom. The highest BCUT2D eigenvalue weighted by Crippen LogP contribution is 2.26. The molecule has 3 nitrogen and oxygen atoms in total. The van der Waals surface area contributed by atoms with Crippen molar-refractivity contribution in [1.82, 2.24) is 4.57 Å². The molecule has 0 aliphatic carbocycles. The summed E-state index contributed by atoms with van der Waals surface area (Å²) in [7, 11) is 0. The van der Waals surface area contributed by atoms with Gasteiger partial charge >= 0.3 is 0 Å². The van der Waals surface area contributed by atoms with Crippen LogP contribution >= 0.6 is 0 Å². The monoisotopic (exact) mass is 303 g/mol. The van der Waals surface area contributed by atoms with Crippen molar-refractivity contribution in [3.05, 3.63) is 58.4 Å². The van der Waals surface area contributed by atoms with Crippen LogP contribution in [0.2, 0.25) is 0 Å². The van der Waals surface area contributed by atoms with E-state index in [1.165, 1.54) is 5.56 Å². The first kappa shape index (κ1) is 16.6. The Hall–Kier alpha value is -2.78. The van der Waals surface area contributed by atoms with Gasteiger partial charge in [0.15, 0.2) is 0 Å². The van der Waals surface area contributed by atoms with E-state index in [2.05, 4.69) is 49.6 Å². The zero-order chi connectivity index (χ0) is 17.2. The van der Waals surface area contributed by atoms with Crippen LogP contribution in [0, 0.1) is 36.5 Å². The summed E-state index contributed by atoms with van der Waals surface area (Å²) in [6.07, 6.45) is 1.64. The number of benzene rings is 1. The average Bonchev–Trinajstić information content (AvgIpc) is 2.78. The van der Waals surface area contributed by atoms with Crippen molar-refractivity contribution >= 4 is 6.08 Å². The Bertz CT molecular complexity index is 813. The van der Waals surface area contributed by atoms with Gasteiger partial charge in [0.25, 0.3) is 0 Å². The minimum absolute atomic E-state index is 0.119. The van der Waals surface area contributed by atoms with Crippen LogP contribution in [0.5, 0.6) is 0 Å². The van der Waals surface area contributed by atoms with Crippen molar-refractivity contribution in [2.45, 2.75) is 40.0 Å². The quantitative estimate of drug-likeness (QED) is 0.747. The maximum atomic E-state index is 8.93. The van der Waals surface area contributed by atoms with Crippen LogP contribution in [0.25, 0.3) is 11.8 Å².